The van der Waals surface area contributed by atoms with E-state index in [-0.39, 0.29) is 23.0 Å². The highest BCUT2D eigenvalue weighted by Crippen LogP contribution is 2.29. The molecule has 3 N–H and O–H groups in total. The monoisotopic (exact) mass is 552 g/mol. The maximum Gasteiger partial charge on any atom is 0.341 e. The fourth-order valence-corrected chi connectivity index (χ4v) is 5.65. The number of rotatable bonds is 8. The lowest BCUT2D eigenvalue weighted by atomic mass is 9.97. The highest BCUT2D eigenvalue weighted by Gasteiger charge is 2.34. The van der Waals surface area contributed by atoms with Crippen molar-refractivity contribution in [1.29, 1.82) is 0 Å². The van der Waals surface area contributed by atoms with E-state index in [1.165, 1.54) is 15.4 Å². The number of pyridine rings is 2. The Morgan fingerprint density at radius 1 is 1.31 bits per heavy atom. The van der Waals surface area contributed by atoms with Gasteiger partial charge < -0.3 is 19.8 Å². The number of hydrogen-bond acceptors (Lipinski definition) is 11. The summed E-state index contributed by atoms with van der Waals surface area (Å²) in [5.41, 5.74) is -0.0886. The first-order chi connectivity index (χ1) is 18.9. The molecule has 2 unspecified atom stereocenters. The number of nitrogens with zero attached hydrogens (tertiary/aromatic N) is 7. The molecule has 13 nitrogen and oxygen atoms in total. The van der Waals surface area contributed by atoms with Gasteiger partial charge in [-0.15, -0.1) is 4.37 Å². The minimum Gasteiger partial charge on any atom is -0.477 e. The molecule has 0 amide bonds. The van der Waals surface area contributed by atoms with Crippen molar-refractivity contribution in [2.75, 3.05) is 31.1 Å². The van der Waals surface area contributed by atoms with E-state index in [4.69, 9.17) is 9.72 Å². The maximum atomic E-state index is 13.1. The molecule has 2 aliphatic heterocycles. The summed E-state index contributed by atoms with van der Waals surface area (Å²) in [5.74, 6) is -0.362. The largest absolute Gasteiger partial charge is 0.477 e. The second kappa shape index (κ2) is 10.4. The fourth-order valence-electron chi connectivity index (χ4n) is 5.01. The van der Waals surface area contributed by atoms with Crippen LogP contribution in [0.3, 0.4) is 0 Å². The first kappa shape index (κ1) is 25.6. The number of aliphatic hydroxyl groups is 1. The molecule has 0 spiro atoms. The molecular weight excluding hydrogens is 524 g/mol. The number of hydrogen-bond donors (Lipinski definition) is 3. The molecule has 2 saturated heterocycles. The fraction of sp³-hybridized carbons (Fsp3) is 0.440. The highest BCUT2D eigenvalue weighted by atomic mass is 32.1. The van der Waals surface area contributed by atoms with Crippen molar-refractivity contribution >= 4 is 34.4 Å². The smallest absolute Gasteiger partial charge is 0.341 e. The molecule has 2 atom stereocenters. The van der Waals surface area contributed by atoms with Crippen LogP contribution in [-0.4, -0.2) is 83.4 Å². The van der Waals surface area contributed by atoms with Gasteiger partial charge in [0.2, 0.25) is 10.6 Å². The Hall–Kier alpha value is -3.72. The Kier molecular flexibility index (Phi) is 6.85. The quantitative estimate of drug-likeness (QED) is 0.271. The maximum absolute atomic E-state index is 13.1. The summed E-state index contributed by atoms with van der Waals surface area (Å²) in [5, 5.41) is 28.3. The Morgan fingerprint density at radius 3 is 2.87 bits per heavy atom. The summed E-state index contributed by atoms with van der Waals surface area (Å²) < 4.78 is 13.1. The molecular formula is C25H28N8O5S. The van der Waals surface area contributed by atoms with Gasteiger partial charge in [0.1, 0.15) is 17.6 Å². The molecule has 0 radical (unpaired) electrons. The number of nitrogens with one attached hydrogen (secondary N) is 1. The predicted octanol–water partition coefficient (Wildman–Crippen LogP) is 1.34. The summed E-state index contributed by atoms with van der Waals surface area (Å²) in [6.45, 7) is 4.31. The van der Waals surface area contributed by atoms with Crippen LogP contribution >= 0.6 is 11.5 Å². The van der Waals surface area contributed by atoms with Crippen LogP contribution in [0.2, 0.25) is 0 Å². The summed E-state index contributed by atoms with van der Waals surface area (Å²) in [4.78, 5) is 36.3. The standard InChI is InChI=1S/C25H28N8O5S/c1-14-9-18(31-11-15(12-31)22(35)26-10-16-5-2-3-8-38-16)28-21-19(14)20(34)17(23(36)37)13-32(21)25-29-24(30-39-25)33-7-4-6-27-33/h4,6-7,9,13,15-16,22,26,35H,2-3,5,8,10-12H2,1H3,(H,36,37). The van der Waals surface area contributed by atoms with E-state index in [0.29, 0.717) is 47.7 Å². The van der Waals surface area contributed by atoms with Crippen molar-refractivity contribution in [3.63, 3.8) is 0 Å². The van der Waals surface area contributed by atoms with E-state index in [2.05, 4.69) is 19.8 Å². The molecule has 14 heteroatoms. The number of aromatic carboxylic acids is 1. The number of carboxylic acids is 1. The van der Waals surface area contributed by atoms with E-state index in [0.717, 1.165) is 37.4 Å². The van der Waals surface area contributed by atoms with Crippen molar-refractivity contribution in [2.45, 2.75) is 38.5 Å². The van der Waals surface area contributed by atoms with Gasteiger partial charge in [0.05, 0.1) is 11.5 Å². The van der Waals surface area contributed by atoms with Gasteiger partial charge in [-0.2, -0.15) is 10.1 Å². The highest BCUT2D eigenvalue weighted by molar-refractivity contribution is 7.08. The lowest BCUT2D eigenvalue weighted by molar-refractivity contribution is -0.00541. The van der Waals surface area contributed by atoms with Crippen LogP contribution in [0.4, 0.5) is 5.82 Å². The molecule has 2 aliphatic rings. The lowest BCUT2D eigenvalue weighted by Gasteiger charge is -2.43. The number of aryl methyl sites for hydroxylation is 1. The van der Waals surface area contributed by atoms with Crippen LogP contribution in [0.5, 0.6) is 0 Å². The van der Waals surface area contributed by atoms with Crippen LogP contribution < -0.4 is 15.6 Å². The summed E-state index contributed by atoms with van der Waals surface area (Å²) >= 11 is 1.04. The average molecular weight is 553 g/mol. The van der Waals surface area contributed by atoms with Crippen LogP contribution in [-0.2, 0) is 4.74 Å². The Bertz CT molecular complexity index is 1560. The van der Waals surface area contributed by atoms with E-state index in [9.17, 15) is 19.8 Å². The van der Waals surface area contributed by atoms with E-state index in [1.807, 2.05) is 4.90 Å². The van der Waals surface area contributed by atoms with Crippen LogP contribution in [0, 0.1) is 12.8 Å². The Balaban J connectivity index is 1.28. The van der Waals surface area contributed by atoms with E-state index >= 15 is 0 Å². The Morgan fingerprint density at radius 2 is 2.15 bits per heavy atom. The Labute approximate surface area is 226 Å². The third-order valence-corrected chi connectivity index (χ3v) is 7.91. The van der Waals surface area contributed by atoms with E-state index < -0.39 is 17.6 Å². The topological polar surface area (TPSA) is 161 Å². The summed E-state index contributed by atoms with van der Waals surface area (Å²) in [7, 11) is 0. The summed E-state index contributed by atoms with van der Waals surface area (Å²) in [6, 6.07) is 3.52. The predicted molar refractivity (Wildman–Crippen MR) is 143 cm³/mol. The molecule has 6 rings (SSSR count). The zero-order valence-electron chi connectivity index (χ0n) is 21.2. The number of anilines is 1. The molecule has 0 bridgehead atoms. The average Bonchev–Trinajstić information content (AvgIpc) is 3.60. The van der Waals surface area contributed by atoms with Gasteiger partial charge in [-0.1, -0.05) is 0 Å². The number of aromatic nitrogens is 6. The van der Waals surface area contributed by atoms with Gasteiger partial charge in [0.15, 0.2) is 5.65 Å². The minimum atomic E-state index is -1.33. The number of fused-ring (bicyclic) bond motifs is 1. The number of aliphatic hydroxyl groups excluding tert-OH is 1. The third kappa shape index (κ3) is 4.91. The number of carboxylic acid groups (broad SMARTS) is 1. The third-order valence-electron chi connectivity index (χ3n) is 7.20. The second-order valence-corrected chi connectivity index (χ2v) is 10.6. The molecule has 4 aromatic heterocycles. The van der Waals surface area contributed by atoms with Gasteiger partial charge in [0.25, 0.3) is 5.95 Å². The first-order valence-corrected chi connectivity index (χ1v) is 13.6. The molecule has 6 heterocycles. The van der Waals surface area contributed by atoms with Crippen LogP contribution in [0.15, 0.2) is 35.5 Å². The van der Waals surface area contributed by atoms with Crippen molar-refractivity contribution in [3.8, 4) is 11.1 Å². The van der Waals surface area contributed by atoms with Gasteiger partial charge in [-0.25, -0.2) is 14.5 Å². The molecule has 204 valence electrons. The van der Waals surface area contributed by atoms with Crippen molar-refractivity contribution in [2.24, 2.45) is 5.92 Å². The van der Waals surface area contributed by atoms with Gasteiger partial charge in [-0.05, 0) is 43.9 Å². The zero-order chi connectivity index (χ0) is 27.1. The lowest BCUT2D eigenvalue weighted by Crippen LogP contribution is -2.57. The van der Waals surface area contributed by atoms with Crippen LogP contribution in [0.1, 0.15) is 35.2 Å². The molecule has 39 heavy (non-hydrogen) atoms. The number of ether oxygens (including phenoxy) is 1. The van der Waals surface area contributed by atoms with Gasteiger partial charge in [-0.3, -0.25) is 14.7 Å². The normalized spacial score (nSPS) is 18.8. The van der Waals surface area contributed by atoms with Crippen molar-refractivity contribution < 1.29 is 19.7 Å². The zero-order valence-corrected chi connectivity index (χ0v) is 22.0. The molecule has 0 saturated carbocycles. The summed E-state index contributed by atoms with van der Waals surface area (Å²) in [6.07, 6.45) is 7.26. The first-order valence-electron chi connectivity index (χ1n) is 12.8. The minimum absolute atomic E-state index is 0.0164. The van der Waals surface area contributed by atoms with Gasteiger partial charge in [0, 0.05) is 62.3 Å². The van der Waals surface area contributed by atoms with Crippen molar-refractivity contribution in [3.05, 3.63) is 52.1 Å². The SMILES string of the molecule is Cc1cc(N2CC(C(O)NCC3CCCCO3)C2)nc2c1c(=O)c(C(=O)O)cn2-c1nc(-n2cccn2)ns1. The molecule has 2 fully saturated rings. The second-order valence-electron chi connectivity index (χ2n) is 9.88. The molecule has 0 aromatic carbocycles. The van der Waals surface area contributed by atoms with Crippen molar-refractivity contribution in [1.82, 2.24) is 34.0 Å². The molecule has 4 aromatic rings. The van der Waals surface area contributed by atoms with Crippen LogP contribution in [0.25, 0.3) is 22.1 Å². The number of carbonyl (C=O) groups is 1. The van der Waals surface area contributed by atoms with E-state index in [1.54, 1.807) is 31.5 Å². The van der Waals surface area contributed by atoms with Gasteiger partial charge >= 0.3 is 5.97 Å². The molecule has 0 aliphatic carbocycles.